The Labute approximate surface area is 123 Å². The zero-order chi connectivity index (χ0) is 15.9. The van der Waals surface area contributed by atoms with E-state index in [0.717, 1.165) is 6.54 Å². The van der Waals surface area contributed by atoms with Crippen molar-refractivity contribution in [3.8, 4) is 0 Å². The van der Waals surface area contributed by atoms with E-state index in [1.54, 1.807) is 6.92 Å². The first-order valence-corrected chi connectivity index (χ1v) is 7.25. The average Bonchev–Trinajstić information content (AvgIpc) is 2.26. The van der Waals surface area contributed by atoms with Gasteiger partial charge in [-0.1, -0.05) is 20.8 Å². The second kappa shape index (κ2) is 8.25. The molecule has 0 heterocycles. The Bertz CT molecular complexity index is 322. The Balaban J connectivity index is 4.55. The van der Waals surface area contributed by atoms with Crippen LogP contribution >= 0.6 is 0 Å². The molecule has 5 nitrogen and oxygen atoms in total. The lowest BCUT2D eigenvalue weighted by atomic mass is 9.80. The SMILES string of the molecule is CCOC(=O)C(C(=O)NCCN(C)C(C)C)C(C)(C)C. The van der Waals surface area contributed by atoms with Crippen LogP contribution in [0.3, 0.4) is 0 Å². The molecule has 1 amide bonds. The molecule has 0 bridgehead atoms. The molecule has 0 aromatic carbocycles. The molecular weight excluding hydrogens is 256 g/mol. The monoisotopic (exact) mass is 286 g/mol. The molecule has 20 heavy (non-hydrogen) atoms. The normalized spacial score (nSPS) is 13.4. The molecule has 1 unspecified atom stereocenters. The number of nitrogens with one attached hydrogen (secondary N) is 1. The van der Waals surface area contributed by atoms with Gasteiger partial charge < -0.3 is 15.0 Å². The topological polar surface area (TPSA) is 58.6 Å². The maximum absolute atomic E-state index is 12.2. The molecule has 1 atom stereocenters. The summed E-state index contributed by atoms with van der Waals surface area (Å²) in [5, 5.41) is 2.83. The molecule has 0 aliphatic carbocycles. The Morgan fingerprint density at radius 1 is 1.25 bits per heavy atom. The van der Waals surface area contributed by atoms with Gasteiger partial charge in [-0.3, -0.25) is 9.59 Å². The smallest absolute Gasteiger partial charge is 0.319 e. The van der Waals surface area contributed by atoms with Gasteiger partial charge in [-0.2, -0.15) is 0 Å². The number of carbonyl (C=O) groups is 2. The number of esters is 1. The molecule has 0 saturated carbocycles. The van der Waals surface area contributed by atoms with Gasteiger partial charge in [0.15, 0.2) is 0 Å². The summed E-state index contributed by atoms with van der Waals surface area (Å²) in [5.41, 5.74) is -0.458. The molecule has 0 fully saturated rings. The van der Waals surface area contributed by atoms with Crippen LogP contribution in [0.4, 0.5) is 0 Å². The third-order valence-electron chi connectivity index (χ3n) is 3.30. The first kappa shape index (κ1) is 18.9. The third kappa shape index (κ3) is 6.37. The van der Waals surface area contributed by atoms with Crippen LogP contribution in [-0.2, 0) is 14.3 Å². The maximum atomic E-state index is 12.2. The van der Waals surface area contributed by atoms with E-state index in [4.69, 9.17) is 4.74 Å². The molecule has 0 rings (SSSR count). The Morgan fingerprint density at radius 3 is 2.20 bits per heavy atom. The minimum Gasteiger partial charge on any atom is -0.465 e. The number of ether oxygens (including phenoxy) is 1. The van der Waals surface area contributed by atoms with Crippen molar-refractivity contribution in [2.45, 2.75) is 47.6 Å². The summed E-state index contributed by atoms with van der Waals surface area (Å²) >= 11 is 0. The van der Waals surface area contributed by atoms with E-state index < -0.39 is 17.3 Å². The molecule has 0 aromatic rings. The highest BCUT2D eigenvalue weighted by Crippen LogP contribution is 2.27. The summed E-state index contributed by atoms with van der Waals surface area (Å²) in [5.74, 6) is -1.48. The third-order valence-corrected chi connectivity index (χ3v) is 3.30. The minimum atomic E-state index is -0.771. The molecular formula is C15H30N2O3. The van der Waals surface area contributed by atoms with Gasteiger partial charge in [-0.25, -0.2) is 0 Å². The van der Waals surface area contributed by atoms with Crippen LogP contribution in [0.25, 0.3) is 0 Å². The van der Waals surface area contributed by atoms with Crippen molar-refractivity contribution in [1.82, 2.24) is 10.2 Å². The van der Waals surface area contributed by atoms with Crippen LogP contribution in [0, 0.1) is 11.3 Å². The second-order valence-electron chi connectivity index (χ2n) is 6.42. The fourth-order valence-electron chi connectivity index (χ4n) is 1.80. The van der Waals surface area contributed by atoms with Crippen LogP contribution in [0.5, 0.6) is 0 Å². The van der Waals surface area contributed by atoms with Gasteiger partial charge in [0.2, 0.25) is 5.91 Å². The van der Waals surface area contributed by atoms with Crippen LogP contribution < -0.4 is 5.32 Å². The lowest BCUT2D eigenvalue weighted by Crippen LogP contribution is -2.45. The summed E-state index contributed by atoms with van der Waals surface area (Å²) < 4.78 is 5.01. The summed E-state index contributed by atoms with van der Waals surface area (Å²) in [7, 11) is 2.00. The molecule has 0 spiro atoms. The number of rotatable bonds is 7. The Kier molecular flexibility index (Phi) is 7.79. The maximum Gasteiger partial charge on any atom is 0.319 e. The summed E-state index contributed by atoms with van der Waals surface area (Å²) in [4.78, 5) is 26.3. The predicted molar refractivity (Wildman–Crippen MR) is 80.4 cm³/mol. The molecule has 0 saturated heterocycles. The van der Waals surface area contributed by atoms with Crippen LogP contribution in [0.15, 0.2) is 0 Å². The zero-order valence-corrected chi connectivity index (χ0v) is 13.9. The molecule has 118 valence electrons. The lowest BCUT2D eigenvalue weighted by molar-refractivity contribution is -0.156. The predicted octanol–water partition coefficient (Wildman–Crippen LogP) is 1.67. The van der Waals surface area contributed by atoms with Gasteiger partial charge >= 0.3 is 5.97 Å². The van der Waals surface area contributed by atoms with Gasteiger partial charge in [-0.15, -0.1) is 0 Å². The summed E-state index contributed by atoms with van der Waals surface area (Å²) in [6, 6.07) is 0.426. The zero-order valence-electron chi connectivity index (χ0n) is 13.9. The standard InChI is InChI=1S/C15H30N2O3/c1-8-20-14(19)12(15(4,5)6)13(18)16-9-10-17(7)11(2)3/h11-12H,8-10H2,1-7H3,(H,16,18). The number of hydrogen-bond acceptors (Lipinski definition) is 4. The first-order chi connectivity index (χ1) is 9.11. The van der Waals surface area contributed by atoms with E-state index in [1.165, 1.54) is 0 Å². The van der Waals surface area contributed by atoms with E-state index in [-0.39, 0.29) is 12.5 Å². The quantitative estimate of drug-likeness (QED) is 0.571. The molecule has 1 N–H and O–H groups in total. The highest BCUT2D eigenvalue weighted by atomic mass is 16.5. The number of carbonyl (C=O) groups excluding carboxylic acids is 2. The van der Waals surface area contributed by atoms with Crippen molar-refractivity contribution in [1.29, 1.82) is 0 Å². The Morgan fingerprint density at radius 2 is 1.80 bits per heavy atom. The van der Waals surface area contributed by atoms with E-state index in [1.807, 2.05) is 27.8 Å². The molecule has 5 heteroatoms. The van der Waals surface area contributed by atoms with Crippen molar-refractivity contribution in [2.24, 2.45) is 11.3 Å². The fraction of sp³-hybridized carbons (Fsp3) is 0.867. The first-order valence-electron chi connectivity index (χ1n) is 7.25. The molecule has 0 aliphatic rings. The van der Waals surface area contributed by atoms with E-state index >= 15 is 0 Å². The molecule has 0 radical (unpaired) electrons. The minimum absolute atomic E-state index is 0.256. The van der Waals surface area contributed by atoms with Crippen molar-refractivity contribution in [3.63, 3.8) is 0 Å². The van der Waals surface area contributed by atoms with Gasteiger partial charge in [0.1, 0.15) is 5.92 Å². The van der Waals surface area contributed by atoms with Crippen LogP contribution in [0.2, 0.25) is 0 Å². The van der Waals surface area contributed by atoms with Crippen molar-refractivity contribution in [2.75, 3.05) is 26.7 Å². The van der Waals surface area contributed by atoms with Gasteiger partial charge in [0.05, 0.1) is 6.61 Å². The Hall–Kier alpha value is -1.10. The highest BCUT2D eigenvalue weighted by molar-refractivity contribution is 5.98. The fourth-order valence-corrected chi connectivity index (χ4v) is 1.80. The van der Waals surface area contributed by atoms with Crippen molar-refractivity contribution in [3.05, 3.63) is 0 Å². The van der Waals surface area contributed by atoms with Crippen molar-refractivity contribution >= 4 is 11.9 Å². The largest absolute Gasteiger partial charge is 0.465 e. The number of hydrogen-bond donors (Lipinski definition) is 1. The molecule has 0 aliphatic heterocycles. The number of likely N-dealkylation sites (N-methyl/N-ethyl adjacent to an activating group) is 1. The van der Waals surface area contributed by atoms with E-state index in [0.29, 0.717) is 12.6 Å². The lowest BCUT2D eigenvalue weighted by Gasteiger charge is -2.28. The van der Waals surface area contributed by atoms with Crippen LogP contribution in [0.1, 0.15) is 41.5 Å². The summed E-state index contributed by atoms with van der Waals surface area (Å²) in [6.45, 7) is 13.1. The van der Waals surface area contributed by atoms with E-state index in [9.17, 15) is 9.59 Å². The second-order valence-corrected chi connectivity index (χ2v) is 6.42. The highest BCUT2D eigenvalue weighted by Gasteiger charge is 2.38. The van der Waals surface area contributed by atoms with Crippen molar-refractivity contribution < 1.29 is 14.3 Å². The van der Waals surface area contributed by atoms with Gasteiger partial charge in [0.25, 0.3) is 0 Å². The van der Waals surface area contributed by atoms with Gasteiger partial charge in [-0.05, 0) is 33.2 Å². The molecule has 0 aromatic heterocycles. The van der Waals surface area contributed by atoms with E-state index in [2.05, 4.69) is 24.1 Å². The summed E-state index contributed by atoms with van der Waals surface area (Å²) in [6.07, 6.45) is 0. The average molecular weight is 286 g/mol. The number of amides is 1. The van der Waals surface area contributed by atoms with Gasteiger partial charge in [0, 0.05) is 19.1 Å². The van der Waals surface area contributed by atoms with Crippen LogP contribution in [-0.4, -0.2) is 49.6 Å². The number of nitrogens with zero attached hydrogens (tertiary/aromatic N) is 1.